The number of phenolic OH excluding ortho intramolecular Hbond substituents is 1. The predicted molar refractivity (Wildman–Crippen MR) is 126 cm³/mol. The van der Waals surface area contributed by atoms with Crippen LogP contribution in [0.1, 0.15) is 27.3 Å². The fraction of sp³-hybridized carbons (Fsp3) is 0.0833. The van der Waals surface area contributed by atoms with Crippen molar-refractivity contribution < 1.29 is 9.90 Å². The summed E-state index contributed by atoms with van der Waals surface area (Å²) in [6, 6.07) is 18.0. The zero-order valence-corrected chi connectivity index (χ0v) is 18.4. The van der Waals surface area contributed by atoms with Crippen molar-refractivity contribution in [2.75, 3.05) is 0 Å². The summed E-state index contributed by atoms with van der Waals surface area (Å²) in [7, 11) is 0. The van der Waals surface area contributed by atoms with Gasteiger partial charge in [-0.15, -0.1) is 0 Å². The third-order valence-electron chi connectivity index (χ3n) is 5.10. The maximum atomic E-state index is 12.5. The van der Waals surface area contributed by atoms with Crippen molar-refractivity contribution in [2.24, 2.45) is 5.10 Å². The summed E-state index contributed by atoms with van der Waals surface area (Å²) in [6.45, 7) is 3.90. The SMILES string of the molecule is Cc1cc(/C=N\NC(=O)c2cc3ccccc3cc2O)c(C)n1-c1ccc(Cl)cc1Cl. The molecule has 0 unspecified atom stereocenters. The third kappa shape index (κ3) is 4.15. The molecule has 31 heavy (non-hydrogen) atoms. The van der Waals surface area contributed by atoms with Gasteiger partial charge >= 0.3 is 0 Å². The van der Waals surface area contributed by atoms with Crippen LogP contribution in [0.25, 0.3) is 16.5 Å². The molecule has 1 amide bonds. The molecule has 2 N–H and O–H groups in total. The maximum absolute atomic E-state index is 12.5. The van der Waals surface area contributed by atoms with E-state index in [4.69, 9.17) is 23.2 Å². The average Bonchev–Trinajstić information content (AvgIpc) is 3.01. The molecule has 0 aliphatic rings. The number of hydrogen-bond donors (Lipinski definition) is 2. The van der Waals surface area contributed by atoms with E-state index in [2.05, 4.69) is 10.5 Å². The number of aryl methyl sites for hydroxylation is 1. The average molecular weight is 452 g/mol. The van der Waals surface area contributed by atoms with E-state index in [0.717, 1.165) is 33.4 Å². The highest BCUT2D eigenvalue weighted by molar-refractivity contribution is 6.35. The number of hydrazone groups is 1. The lowest BCUT2D eigenvalue weighted by molar-refractivity contribution is 0.0952. The molecule has 0 radical (unpaired) electrons. The number of hydrogen-bond acceptors (Lipinski definition) is 3. The van der Waals surface area contributed by atoms with Crippen molar-refractivity contribution in [3.63, 3.8) is 0 Å². The van der Waals surface area contributed by atoms with Gasteiger partial charge in [-0.2, -0.15) is 5.10 Å². The largest absolute Gasteiger partial charge is 0.507 e. The van der Waals surface area contributed by atoms with Gasteiger partial charge in [0.15, 0.2) is 0 Å². The Morgan fingerprint density at radius 3 is 2.45 bits per heavy atom. The van der Waals surface area contributed by atoms with E-state index >= 15 is 0 Å². The van der Waals surface area contributed by atoms with Gasteiger partial charge in [0.25, 0.3) is 5.91 Å². The van der Waals surface area contributed by atoms with Crippen molar-refractivity contribution in [1.29, 1.82) is 0 Å². The van der Waals surface area contributed by atoms with Crippen molar-refractivity contribution in [2.45, 2.75) is 13.8 Å². The summed E-state index contributed by atoms with van der Waals surface area (Å²) in [5.74, 6) is -0.587. The number of amides is 1. The minimum absolute atomic E-state index is 0.0954. The van der Waals surface area contributed by atoms with E-state index in [-0.39, 0.29) is 11.3 Å². The second kappa shape index (κ2) is 8.46. The van der Waals surface area contributed by atoms with Crippen molar-refractivity contribution in [3.8, 4) is 11.4 Å². The van der Waals surface area contributed by atoms with E-state index in [1.54, 1.807) is 30.5 Å². The normalized spacial score (nSPS) is 11.4. The lowest BCUT2D eigenvalue weighted by Crippen LogP contribution is -2.17. The number of rotatable bonds is 4. The Labute approximate surface area is 189 Å². The van der Waals surface area contributed by atoms with E-state index in [1.165, 1.54) is 0 Å². The second-order valence-corrected chi connectivity index (χ2v) is 8.02. The Hall–Kier alpha value is -3.28. The summed E-state index contributed by atoms with van der Waals surface area (Å²) in [4.78, 5) is 12.5. The van der Waals surface area contributed by atoms with Crippen LogP contribution in [-0.2, 0) is 0 Å². The van der Waals surface area contributed by atoms with Crippen LogP contribution < -0.4 is 5.43 Å². The molecule has 0 fully saturated rings. The van der Waals surface area contributed by atoms with Crippen LogP contribution in [0.3, 0.4) is 0 Å². The molecule has 7 heteroatoms. The van der Waals surface area contributed by atoms with Gasteiger partial charge in [0.2, 0.25) is 0 Å². The predicted octanol–water partition coefficient (Wildman–Crippen LogP) is 6.02. The molecule has 0 bridgehead atoms. The molecule has 1 aromatic heterocycles. The Balaban J connectivity index is 1.57. The molecular weight excluding hydrogens is 433 g/mol. The van der Waals surface area contributed by atoms with Crippen LogP contribution in [0.4, 0.5) is 0 Å². The van der Waals surface area contributed by atoms with Crippen LogP contribution in [0, 0.1) is 13.8 Å². The Morgan fingerprint density at radius 1 is 1.03 bits per heavy atom. The number of aromatic hydroxyl groups is 1. The molecule has 0 spiro atoms. The van der Waals surface area contributed by atoms with Crippen molar-refractivity contribution in [1.82, 2.24) is 9.99 Å². The monoisotopic (exact) mass is 451 g/mol. The van der Waals surface area contributed by atoms with Gasteiger partial charge in [0.1, 0.15) is 5.75 Å². The van der Waals surface area contributed by atoms with Crippen LogP contribution in [0.2, 0.25) is 10.0 Å². The summed E-state index contributed by atoms with van der Waals surface area (Å²) < 4.78 is 2.00. The van der Waals surface area contributed by atoms with Gasteiger partial charge in [-0.25, -0.2) is 5.43 Å². The fourth-order valence-corrected chi connectivity index (χ4v) is 4.08. The third-order valence-corrected chi connectivity index (χ3v) is 5.64. The number of nitrogens with zero attached hydrogens (tertiary/aromatic N) is 2. The lowest BCUT2D eigenvalue weighted by atomic mass is 10.1. The van der Waals surface area contributed by atoms with Crippen LogP contribution in [0.5, 0.6) is 5.75 Å². The second-order valence-electron chi connectivity index (χ2n) is 7.17. The molecule has 1 heterocycles. The summed E-state index contributed by atoms with van der Waals surface area (Å²) >= 11 is 12.4. The summed E-state index contributed by atoms with van der Waals surface area (Å²) in [6.07, 6.45) is 1.57. The van der Waals surface area contributed by atoms with Crippen LogP contribution in [0.15, 0.2) is 65.8 Å². The number of carbonyl (C=O) groups is 1. The van der Waals surface area contributed by atoms with Gasteiger partial charge in [0, 0.05) is 22.0 Å². The molecule has 4 rings (SSSR count). The number of benzene rings is 3. The minimum Gasteiger partial charge on any atom is -0.507 e. The molecule has 3 aromatic carbocycles. The lowest BCUT2D eigenvalue weighted by Gasteiger charge is -2.11. The highest BCUT2D eigenvalue weighted by Gasteiger charge is 2.14. The van der Waals surface area contributed by atoms with Crippen molar-refractivity contribution in [3.05, 3.63) is 93.2 Å². The zero-order valence-electron chi connectivity index (χ0n) is 16.9. The molecule has 4 aromatic rings. The first-order chi connectivity index (χ1) is 14.8. The maximum Gasteiger partial charge on any atom is 0.275 e. The molecule has 5 nitrogen and oxygen atoms in total. The summed E-state index contributed by atoms with van der Waals surface area (Å²) in [5.41, 5.74) is 6.15. The Bertz CT molecular complexity index is 1340. The number of phenols is 1. The van der Waals surface area contributed by atoms with Gasteiger partial charge in [-0.05, 0) is 61.0 Å². The first-order valence-corrected chi connectivity index (χ1v) is 10.3. The molecule has 0 aliphatic carbocycles. The van der Waals surface area contributed by atoms with E-state index in [1.807, 2.05) is 54.8 Å². The standard InChI is InChI=1S/C24H19Cl2N3O2/c1-14-9-18(15(2)29(14)22-8-7-19(25)12-21(22)26)13-27-28-24(31)20-10-16-5-3-4-6-17(16)11-23(20)30/h3-13,30H,1-2H3,(H,28,31)/b27-13-. The van der Waals surface area contributed by atoms with Gasteiger partial charge in [-0.1, -0.05) is 47.5 Å². The molecule has 0 saturated carbocycles. The molecular formula is C24H19Cl2N3O2. The first kappa shape index (κ1) is 21.0. The van der Waals surface area contributed by atoms with Crippen LogP contribution >= 0.6 is 23.2 Å². The number of halogens is 2. The van der Waals surface area contributed by atoms with Gasteiger partial charge in [-0.3, -0.25) is 4.79 Å². The number of carbonyl (C=O) groups excluding carboxylic acids is 1. The molecule has 0 atom stereocenters. The Morgan fingerprint density at radius 2 is 1.74 bits per heavy atom. The molecule has 0 saturated heterocycles. The fourth-order valence-electron chi connectivity index (χ4n) is 3.58. The van der Waals surface area contributed by atoms with E-state index < -0.39 is 5.91 Å². The van der Waals surface area contributed by atoms with Crippen molar-refractivity contribution >= 4 is 46.1 Å². The first-order valence-electron chi connectivity index (χ1n) is 9.54. The quantitative estimate of drug-likeness (QED) is 0.294. The highest BCUT2D eigenvalue weighted by Crippen LogP contribution is 2.28. The smallest absolute Gasteiger partial charge is 0.275 e. The van der Waals surface area contributed by atoms with Crippen LogP contribution in [-0.4, -0.2) is 21.8 Å². The minimum atomic E-state index is -0.492. The topological polar surface area (TPSA) is 66.6 Å². The number of fused-ring (bicyclic) bond motifs is 1. The van der Waals surface area contributed by atoms with Gasteiger partial charge in [0.05, 0.1) is 22.5 Å². The highest BCUT2D eigenvalue weighted by atomic mass is 35.5. The number of aromatic nitrogens is 1. The summed E-state index contributed by atoms with van der Waals surface area (Å²) in [5, 5.41) is 17.1. The zero-order chi connectivity index (χ0) is 22.1. The number of nitrogens with one attached hydrogen (secondary N) is 1. The van der Waals surface area contributed by atoms with E-state index in [0.29, 0.717) is 10.0 Å². The van der Waals surface area contributed by atoms with E-state index in [9.17, 15) is 9.90 Å². The molecule has 0 aliphatic heterocycles. The Kier molecular flexibility index (Phi) is 5.72. The van der Waals surface area contributed by atoms with Gasteiger partial charge < -0.3 is 9.67 Å². The molecule has 156 valence electrons.